The first-order chi connectivity index (χ1) is 5.93. The highest BCUT2D eigenvalue weighted by Crippen LogP contribution is 2.49. The molecule has 0 heterocycles. The van der Waals surface area contributed by atoms with Crippen LogP contribution in [0, 0.1) is 17.8 Å². The Morgan fingerprint density at radius 1 is 0.917 bits per heavy atom. The molecule has 66 valence electrons. The largest absolute Gasteiger partial charge is 0.0816 e. The van der Waals surface area contributed by atoms with Crippen molar-refractivity contribution >= 4 is 0 Å². The van der Waals surface area contributed by atoms with E-state index in [1.807, 2.05) is 5.57 Å². The number of hydrogen-bond acceptors (Lipinski definition) is 0. The fourth-order valence-corrected chi connectivity index (χ4v) is 3.61. The first kappa shape index (κ1) is 7.17. The zero-order chi connectivity index (χ0) is 7.97. The van der Waals surface area contributed by atoms with Crippen LogP contribution in [0.4, 0.5) is 0 Å². The van der Waals surface area contributed by atoms with E-state index in [1.165, 1.54) is 44.9 Å². The van der Waals surface area contributed by atoms with E-state index in [-0.39, 0.29) is 0 Å². The summed E-state index contributed by atoms with van der Waals surface area (Å²) in [6, 6.07) is 0. The maximum Gasteiger partial charge on any atom is -0.0195 e. The highest BCUT2D eigenvalue weighted by Gasteiger charge is 2.35. The van der Waals surface area contributed by atoms with Gasteiger partial charge in [0.05, 0.1) is 0 Å². The summed E-state index contributed by atoms with van der Waals surface area (Å²) in [7, 11) is 0. The Kier molecular flexibility index (Phi) is 1.56. The first-order valence-electron chi connectivity index (χ1n) is 5.65. The van der Waals surface area contributed by atoms with Gasteiger partial charge in [0.2, 0.25) is 0 Å². The molecule has 3 aliphatic carbocycles. The third-order valence-corrected chi connectivity index (χ3v) is 4.20. The van der Waals surface area contributed by atoms with Gasteiger partial charge in [-0.3, -0.25) is 0 Å². The second kappa shape index (κ2) is 2.61. The predicted octanol–water partition coefficient (Wildman–Crippen LogP) is 3.53. The van der Waals surface area contributed by atoms with Gasteiger partial charge in [0.15, 0.2) is 0 Å². The lowest BCUT2D eigenvalue weighted by atomic mass is 9.85. The van der Waals surface area contributed by atoms with Gasteiger partial charge >= 0.3 is 0 Å². The Bertz CT molecular complexity index is 214. The molecule has 12 heavy (non-hydrogen) atoms. The quantitative estimate of drug-likeness (QED) is 0.478. The van der Waals surface area contributed by atoms with Crippen LogP contribution in [0.2, 0.25) is 0 Å². The van der Waals surface area contributed by atoms with E-state index < -0.39 is 0 Å². The highest BCUT2D eigenvalue weighted by atomic mass is 14.4. The Morgan fingerprint density at radius 3 is 2.67 bits per heavy atom. The van der Waals surface area contributed by atoms with Crippen LogP contribution in [0.3, 0.4) is 0 Å². The summed E-state index contributed by atoms with van der Waals surface area (Å²) >= 11 is 0. The van der Waals surface area contributed by atoms with Crippen molar-refractivity contribution in [1.82, 2.24) is 0 Å². The van der Waals surface area contributed by atoms with Crippen molar-refractivity contribution < 1.29 is 0 Å². The molecule has 0 aromatic carbocycles. The summed E-state index contributed by atoms with van der Waals surface area (Å²) in [5.41, 5.74) is 1.89. The molecule has 0 radical (unpaired) electrons. The Hall–Kier alpha value is -0.260. The molecule has 0 aromatic heterocycles. The van der Waals surface area contributed by atoms with Crippen molar-refractivity contribution in [1.29, 1.82) is 0 Å². The van der Waals surface area contributed by atoms with Gasteiger partial charge in [-0.05, 0) is 49.9 Å². The number of hydrogen-bond donors (Lipinski definition) is 0. The molecule has 0 N–H and O–H groups in total. The molecule has 0 aromatic rings. The molecule has 1 fully saturated rings. The van der Waals surface area contributed by atoms with Crippen molar-refractivity contribution in [2.45, 2.75) is 44.9 Å². The molecule has 3 rings (SSSR count). The summed E-state index contributed by atoms with van der Waals surface area (Å²) in [5, 5.41) is 0. The van der Waals surface area contributed by atoms with Crippen LogP contribution in [0.25, 0.3) is 0 Å². The second-order valence-corrected chi connectivity index (χ2v) is 4.92. The molecule has 2 bridgehead atoms. The smallest absolute Gasteiger partial charge is 0.0195 e. The van der Waals surface area contributed by atoms with E-state index in [0.29, 0.717) is 0 Å². The average molecular weight is 162 g/mol. The Balaban J connectivity index is 1.93. The van der Waals surface area contributed by atoms with E-state index in [4.69, 9.17) is 0 Å². The molecule has 0 amide bonds. The molecule has 0 nitrogen and oxygen atoms in total. The fraction of sp³-hybridized carbons (Fsp3) is 0.833. The van der Waals surface area contributed by atoms with Gasteiger partial charge in [0.1, 0.15) is 0 Å². The maximum atomic E-state index is 2.64. The molecule has 0 spiro atoms. The molecule has 0 saturated heterocycles. The lowest BCUT2D eigenvalue weighted by Gasteiger charge is -2.21. The van der Waals surface area contributed by atoms with Crippen LogP contribution < -0.4 is 0 Å². The third kappa shape index (κ3) is 0.967. The SMILES string of the molecule is C1=C2C3CCCCC2CC1CC3. The topological polar surface area (TPSA) is 0 Å². The Morgan fingerprint density at radius 2 is 1.75 bits per heavy atom. The van der Waals surface area contributed by atoms with Crippen molar-refractivity contribution in [2.24, 2.45) is 17.8 Å². The standard InChI is InChI=1S/C12H18/c1-2-4-11-7-9-5-6-10(3-1)12(11)8-9/h8-11H,1-7H2. The van der Waals surface area contributed by atoms with E-state index >= 15 is 0 Å². The minimum absolute atomic E-state index is 0.999. The molecular weight excluding hydrogens is 144 g/mol. The lowest BCUT2D eigenvalue weighted by Crippen LogP contribution is -2.08. The molecule has 3 unspecified atom stereocenters. The van der Waals surface area contributed by atoms with Crippen molar-refractivity contribution in [3.05, 3.63) is 11.6 Å². The average Bonchev–Trinajstić information content (AvgIpc) is 2.31. The van der Waals surface area contributed by atoms with E-state index in [9.17, 15) is 0 Å². The van der Waals surface area contributed by atoms with Gasteiger partial charge in [0.25, 0.3) is 0 Å². The lowest BCUT2D eigenvalue weighted by molar-refractivity contribution is 0.430. The molecule has 1 saturated carbocycles. The first-order valence-corrected chi connectivity index (χ1v) is 5.65. The van der Waals surface area contributed by atoms with Crippen LogP contribution in [0.5, 0.6) is 0 Å². The number of fused-ring (bicyclic) bond motifs is 1. The maximum absolute atomic E-state index is 2.64. The summed E-state index contributed by atoms with van der Waals surface area (Å²) < 4.78 is 0. The van der Waals surface area contributed by atoms with Gasteiger partial charge in [-0.25, -0.2) is 0 Å². The molecule has 0 aliphatic heterocycles. The van der Waals surface area contributed by atoms with E-state index in [1.54, 1.807) is 0 Å². The minimum atomic E-state index is 0.999. The minimum Gasteiger partial charge on any atom is -0.0816 e. The van der Waals surface area contributed by atoms with Crippen LogP contribution in [0.15, 0.2) is 11.6 Å². The van der Waals surface area contributed by atoms with Crippen molar-refractivity contribution in [2.75, 3.05) is 0 Å². The summed E-state index contributed by atoms with van der Waals surface area (Å²) in [6.45, 7) is 0. The van der Waals surface area contributed by atoms with Gasteiger partial charge < -0.3 is 0 Å². The van der Waals surface area contributed by atoms with Crippen LogP contribution in [0.1, 0.15) is 44.9 Å². The highest BCUT2D eigenvalue weighted by molar-refractivity contribution is 5.22. The van der Waals surface area contributed by atoms with Crippen LogP contribution in [-0.2, 0) is 0 Å². The van der Waals surface area contributed by atoms with E-state index in [2.05, 4.69) is 6.08 Å². The monoisotopic (exact) mass is 162 g/mol. The molecular formula is C12H18. The predicted molar refractivity (Wildman–Crippen MR) is 50.9 cm³/mol. The molecule has 0 heteroatoms. The second-order valence-electron chi connectivity index (χ2n) is 4.92. The van der Waals surface area contributed by atoms with Gasteiger partial charge in [-0.1, -0.05) is 24.5 Å². The summed E-state index contributed by atoms with van der Waals surface area (Å²) in [4.78, 5) is 0. The van der Waals surface area contributed by atoms with Crippen molar-refractivity contribution in [3.8, 4) is 0 Å². The number of allylic oxidation sites excluding steroid dienone is 2. The van der Waals surface area contributed by atoms with Crippen molar-refractivity contribution in [3.63, 3.8) is 0 Å². The molecule has 3 aliphatic rings. The number of rotatable bonds is 0. The van der Waals surface area contributed by atoms with Gasteiger partial charge in [-0.15, -0.1) is 0 Å². The summed E-state index contributed by atoms with van der Waals surface area (Å²) in [5.74, 6) is 3.06. The van der Waals surface area contributed by atoms with Gasteiger partial charge in [0, 0.05) is 0 Å². The Labute approximate surface area is 75.0 Å². The zero-order valence-electron chi connectivity index (χ0n) is 7.76. The third-order valence-electron chi connectivity index (χ3n) is 4.20. The fourth-order valence-electron chi connectivity index (χ4n) is 3.61. The van der Waals surface area contributed by atoms with Crippen LogP contribution >= 0.6 is 0 Å². The van der Waals surface area contributed by atoms with Gasteiger partial charge in [-0.2, -0.15) is 0 Å². The summed E-state index contributed by atoms with van der Waals surface area (Å²) in [6.07, 6.45) is 13.2. The van der Waals surface area contributed by atoms with Crippen LogP contribution in [-0.4, -0.2) is 0 Å². The molecule has 3 atom stereocenters. The normalized spacial score (nSPS) is 45.3. The van der Waals surface area contributed by atoms with E-state index in [0.717, 1.165) is 17.8 Å². The zero-order valence-corrected chi connectivity index (χ0v) is 7.76.